The van der Waals surface area contributed by atoms with E-state index in [1.54, 1.807) is 43.3 Å². The summed E-state index contributed by atoms with van der Waals surface area (Å²) >= 11 is 0. The number of nitrogens with zero attached hydrogens (tertiary/aromatic N) is 2. The number of benzene rings is 3. The number of hydrogen-bond donors (Lipinski definition) is 1. The molecule has 40 heavy (non-hydrogen) atoms. The van der Waals surface area contributed by atoms with Crippen LogP contribution in [0.3, 0.4) is 0 Å². The van der Waals surface area contributed by atoms with Gasteiger partial charge in [0.05, 0.1) is 19.1 Å². The quantitative estimate of drug-likeness (QED) is 0.315. The van der Waals surface area contributed by atoms with Crippen LogP contribution in [0.5, 0.6) is 5.75 Å². The third kappa shape index (κ3) is 8.54. The first-order valence-electron chi connectivity index (χ1n) is 13.1. The summed E-state index contributed by atoms with van der Waals surface area (Å²) in [5.74, 6) is -0.613. The summed E-state index contributed by atoms with van der Waals surface area (Å²) in [6.45, 7) is 2.34. The fourth-order valence-electron chi connectivity index (χ4n) is 4.45. The van der Waals surface area contributed by atoms with Gasteiger partial charge in [0.15, 0.2) is 0 Å². The van der Waals surface area contributed by atoms with Crippen LogP contribution < -0.4 is 14.4 Å². The number of carbonyl (C=O) groups is 2. The summed E-state index contributed by atoms with van der Waals surface area (Å²) in [7, 11) is -2.21. The van der Waals surface area contributed by atoms with Crippen molar-refractivity contribution in [2.75, 3.05) is 30.8 Å². The van der Waals surface area contributed by atoms with Crippen molar-refractivity contribution >= 4 is 27.5 Å². The lowest BCUT2D eigenvalue weighted by molar-refractivity contribution is -0.141. The van der Waals surface area contributed by atoms with Gasteiger partial charge in [-0.05, 0) is 48.7 Å². The van der Waals surface area contributed by atoms with Gasteiger partial charge in [0.2, 0.25) is 21.8 Å². The largest absolute Gasteiger partial charge is 0.495 e. The zero-order chi connectivity index (χ0) is 29.1. The fraction of sp³-hybridized carbons (Fsp3) is 0.333. The molecule has 8 nitrogen and oxygen atoms in total. The summed E-state index contributed by atoms with van der Waals surface area (Å²) in [6, 6.07) is 21.1. The Hall–Kier alpha value is -3.92. The predicted molar refractivity (Wildman–Crippen MR) is 154 cm³/mol. The molecule has 0 saturated heterocycles. The number of likely N-dealkylation sites (N-methyl/N-ethyl adjacent to an activating group) is 1. The van der Waals surface area contributed by atoms with E-state index in [1.165, 1.54) is 28.4 Å². The first-order valence-corrected chi connectivity index (χ1v) is 14.9. The minimum atomic E-state index is -3.67. The molecule has 0 fully saturated rings. The van der Waals surface area contributed by atoms with Crippen LogP contribution in [0.2, 0.25) is 0 Å². The first kappa shape index (κ1) is 30.6. The van der Waals surface area contributed by atoms with Crippen molar-refractivity contribution in [2.24, 2.45) is 0 Å². The molecule has 214 valence electrons. The van der Waals surface area contributed by atoms with Gasteiger partial charge >= 0.3 is 0 Å². The highest BCUT2D eigenvalue weighted by Gasteiger charge is 2.30. The molecule has 0 aliphatic carbocycles. The van der Waals surface area contributed by atoms with Crippen molar-refractivity contribution in [1.29, 1.82) is 0 Å². The van der Waals surface area contributed by atoms with E-state index in [0.717, 1.165) is 11.8 Å². The number of hydrogen-bond acceptors (Lipinski definition) is 5. The van der Waals surface area contributed by atoms with Crippen LogP contribution in [-0.2, 0) is 32.6 Å². The fourth-order valence-corrected chi connectivity index (χ4v) is 5.42. The van der Waals surface area contributed by atoms with Crippen LogP contribution in [0, 0.1) is 5.82 Å². The molecule has 0 spiro atoms. The maximum Gasteiger partial charge on any atom is 0.243 e. The zero-order valence-corrected chi connectivity index (χ0v) is 23.9. The normalized spacial score (nSPS) is 11.9. The molecule has 1 N–H and O–H groups in total. The Kier molecular flexibility index (Phi) is 11.1. The Morgan fingerprint density at radius 3 is 2.23 bits per heavy atom. The lowest BCUT2D eigenvalue weighted by Gasteiger charge is -2.32. The van der Waals surface area contributed by atoms with Crippen LogP contribution in [0.15, 0.2) is 78.9 Å². The smallest absolute Gasteiger partial charge is 0.243 e. The van der Waals surface area contributed by atoms with Gasteiger partial charge in [0.25, 0.3) is 0 Å². The van der Waals surface area contributed by atoms with E-state index in [1.807, 2.05) is 30.3 Å². The van der Waals surface area contributed by atoms with Crippen LogP contribution >= 0.6 is 0 Å². The lowest BCUT2D eigenvalue weighted by atomic mass is 10.0. The maximum absolute atomic E-state index is 13.7. The molecule has 0 radical (unpaired) electrons. The minimum Gasteiger partial charge on any atom is -0.495 e. The van der Waals surface area contributed by atoms with Gasteiger partial charge in [0, 0.05) is 32.5 Å². The number of sulfonamides is 1. The van der Waals surface area contributed by atoms with E-state index in [0.29, 0.717) is 23.5 Å². The number of halogens is 1. The summed E-state index contributed by atoms with van der Waals surface area (Å²) in [5, 5.41) is 2.83. The third-order valence-corrected chi connectivity index (χ3v) is 7.57. The molecule has 0 aliphatic rings. The van der Waals surface area contributed by atoms with E-state index in [2.05, 4.69) is 5.32 Å². The average Bonchev–Trinajstić information content (AvgIpc) is 2.94. The highest BCUT2D eigenvalue weighted by molar-refractivity contribution is 7.92. The second-order valence-electron chi connectivity index (χ2n) is 9.36. The number of carbonyl (C=O) groups excluding carboxylic acids is 2. The number of rotatable bonds is 14. The molecule has 0 heterocycles. The molecule has 0 aliphatic heterocycles. The summed E-state index contributed by atoms with van der Waals surface area (Å²) in [5.41, 5.74) is 1.94. The Morgan fingerprint density at radius 2 is 1.60 bits per heavy atom. The number of nitrogens with one attached hydrogen (secondary N) is 1. The van der Waals surface area contributed by atoms with Crippen LogP contribution in [0.1, 0.15) is 30.9 Å². The minimum absolute atomic E-state index is 0.00689. The van der Waals surface area contributed by atoms with Gasteiger partial charge in [-0.3, -0.25) is 13.9 Å². The second kappa shape index (κ2) is 14.5. The van der Waals surface area contributed by atoms with Crippen molar-refractivity contribution in [2.45, 2.75) is 38.8 Å². The van der Waals surface area contributed by atoms with Crippen molar-refractivity contribution in [3.05, 3.63) is 95.8 Å². The van der Waals surface area contributed by atoms with Gasteiger partial charge in [0.1, 0.15) is 17.6 Å². The van der Waals surface area contributed by atoms with Crippen LogP contribution in [0.25, 0.3) is 0 Å². The third-order valence-electron chi connectivity index (χ3n) is 6.39. The molecule has 0 bridgehead atoms. The first-order chi connectivity index (χ1) is 19.1. The number of anilines is 1. The Balaban J connectivity index is 1.87. The molecule has 0 aromatic heterocycles. The van der Waals surface area contributed by atoms with Crippen molar-refractivity contribution in [3.8, 4) is 5.75 Å². The molecule has 0 saturated carbocycles. The Labute approximate surface area is 235 Å². The molecule has 3 aromatic carbocycles. The van der Waals surface area contributed by atoms with E-state index in [-0.39, 0.29) is 44.2 Å². The van der Waals surface area contributed by atoms with Gasteiger partial charge in [-0.25, -0.2) is 12.8 Å². The average molecular weight is 570 g/mol. The lowest BCUT2D eigenvalue weighted by Crippen LogP contribution is -2.50. The SMILES string of the molecule is CCNC(=O)[C@@H](Cc1ccccc1)N(Cc1ccc(F)cc1)C(=O)CCCN(c1ccccc1OC)S(C)(=O)=O. The molecular formula is C30H36FN3O5S. The Bertz CT molecular complexity index is 1370. The zero-order valence-electron chi connectivity index (χ0n) is 23.0. The molecule has 0 unspecified atom stereocenters. The number of ether oxygens (including phenoxy) is 1. The van der Waals surface area contributed by atoms with Crippen LogP contribution in [-0.4, -0.2) is 57.6 Å². The molecular weight excluding hydrogens is 533 g/mol. The molecule has 3 rings (SSSR count). The number of methoxy groups -OCH3 is 1. The summed E-state index contributed by atoms with van der Waals surface area (Å²) in [4.78, 5) is 28.5. The standard InChI is InChI=1S/C30H36FN3O5S/c1-4-32-30(36)27(21-23-11-6-5-7-12-23)33(22-24-16-18-25(31)19-17-24)29(35)15-10-20-34(40(3,37)38)26-13-8-9-14-28(26)39-2/h5-9,11-14,16-19,27H,4,10,15,20-22H2,1-3H3,(H,32,36)/t27-/m1/s1. The van der Waals surface area contributed by atoms with E-state index < -0.39 is 21.9 Å². The van der Waals surface area contributed by atoms with Crippen molar-refractivity contribution in [1.82, 2.24) is 10.2 Å². The van der Waals surface area contributed by atoms with Crippen LogP contribution in [0.4, 0.5) is 10.1 Å². The number of amides is 2. The monoisotopic (exact) mass is 569 g/mol. The van der Waals surface area contributed by atoms with E-state index >= 15 is 0 Å². The second-order valence-corrected chi connectivity index (χ2v) is 11.3. The molecule has 3 aromatic rings. The highest BCUT2D eigenvalue weighted by atomic mass is 32.2. The molecule has 1 atom stereocenters. The molecule has 2 amide bonds. The van der Waals surface area contributed by atoms with Crippen molar-refractivity contribution < 1.29 is 27.1 Å². The topological polar surface area (TPSA) is 96.0 Å². The molecule has 10 heteroatoms. The maximum atomic E-state index is 13.7. The van der Waals surface area contributed by atoms with E-state index in [9.17, 15) is 22.4 Å². The van der Waals surface area contributed by atoms with Crippen molar-refractivity contribution in [3.63, 3.8) is 0 Å². The predicted octanol–water partition coefficient (Wildman–Crippen LogP) is 4.16. The summed E-state index contributed by atoms with van der Waals surface area (Å²) in [6.07, 6.45) is 1.59. The van der Waals surface area contributed by atoms with Gasteiger partial charge in [-0.15, -0.1) is 0 Å². The van der Waals surface area contributed by atoms with E-state index in [4.69, 9.17) is 4.74 Å². The van der Waals surface area contributed by atoms with Gasteiger partial charge < -0.3 is 15.0 Å². The number of para-hydroxylation sites is 2. The highest BCUT2D eigenvalue weighted by Crippen LogP contribution is 2.30. The summed E-state index contributed by atoms with van der Waals surface area (Å²) < 4.78 is 45.4. The van der Waals surface area contributed by atoms with Gasteiger partial charge in [-0.1, -0.05) is 54.6 Å². The Morgan fingerprint density at radius 1 is 0.950 bits per heavy atom. The van der Waals surface area contributed by atoms with Gasteiger partial charge in [-0.2, -0.15) is 0 Å².